The molecule has 0 saturated heterocycles. The Kier molecular flexibility index (Phi) is 28.6. The fourth-order valence-electron chi connectivity index (χ4n) is 13.2. The molecule has 1 fully saturated rings. The highest BCUT2D eigenvalue weighted by molar-refractivity contribution is 7.84. The summed E-state index contributed by atoms with van der Waals surface area (Å²) in [7, 11) is -7.11. The van der Waals surface area contributed by atoms with Crippen LogP contribution in [-0.2, 0) is 0 Å². The molecule has 1 saturated carbocycles. The van der Waals surface area contributed by atoms with Gasteiger partial charge < -0.3 is 0 Å². The lowest BCUT2D eigenvalue weighted by Crippen LogP contribution is -2.50. The van der Waals surface area contributed by atoms with Crippen molar-refractivity contribution in [1.82, 2.24) is 4.44 Å². The van der Waals surface area contributed by atoms with E-state index in [1.165, 1.54) is 208 Å². The zero-order valence-corrected chi connectivity index (χ0v) is 54.1. The summed E-state index contributed by atoms with van der Waals surface area (Å²) in [6.07, 6.45) is 30.9. The van der Waals surface area contributed by atoms with Crippen molar-refractivity contribution in [2.24, 2.45) is 0 Å². The molecule has 1 atom stereocenters. The molecule has 4 aromatic carbocycles. The van der Waals surface area contributed by atoms with E-state index >= 15 is 0 Å². The first kappa shape index (κ1) is 62.2. The highest BCUT2D eigenvalue weighted by atomic mass is 31.2. The Labute approximate surface area is 458 Å². The molecule has 1 nitrogen and oxygen atoms in total. The maximum absolute atomic E-state index is 3.36. The molecule has 4 aromatic rings. The van der Waals surface area contributed by atoms with Crippen molar-refractivity contribution in [3.63, 3.8) is 0 Å². The quantitative estimate of drug-likeness (QED) is 0.0321. The van der Waals surface area contributed by atoms with Crippen molar-refractivity contribution in [1.29, 1.82) is 0 Å². The van der Waals surface area contributed by atoms with Crippen LogP contribution in [0.15, 0.2) is 97.1 Å². The fraction of sp³-hybridized carbons (Fsp3) is 0.642. The molecule has 0 heterocycles. The van der Waals surface area contributed by atoms with Gasteiger partial charge in [-0.3, -0.25) is 0 Å². The lowest BCUT2D eigenvalue weighted by molar-refractivity contribution is 0.355. The molecule has 6 heteroatoms. The normalized spacial score (nSPS) is 14.4. The molecule has 0 aliphatic heterocycles. The second-order valence-electron chi connectivity index (χ2n) is 23.4. The lowest BCUT2D eigenvalue weighted by Gasteiger charge is -2.46. The van der Waals surface area contributed by atoms with Crippen LogP contribution in [-0.4, -0.2) is 34.7 Å². The molecule has 0 spiro atoms. The topological polar surface area (TPSA) is 3.24 Å². The van der Waals surface area contributed by atoms with E-state index in [-0.39, 0.29) is 0 Å². The Balaban J connectivity index is 1.94. The number of rotatable bonds is 37. The molecule has 0 bridgehead atoms. The van der Waals surface area contributed by atoms with Crippen LogP contribution in [0.3, 0.4) is 0 Å². The summed E-state index contributed by atoms with van der Waals surface area (Å²) in [6.45, 7) is 24.5. The van der Waals surface area contributed by atoms with Gasteiger partial charge in [0.25, 0.3) is 0 Å². The van der Waals surface area contributed by atoms with Gasteiger partial charge in [0.1, 0.15) is 0 Å². The molecule has 1 aliphatic rings. The first-order valence-corrected chi connectivity index (χ1v) is 41.9. The predicted molar refractivity (Wildman–Crippen MR) is 345 cm³/mol. The maximum atomic E-state index is 3.36. The van der Waals surface area contributed by atoms with E-state index in [0.29, 0.717) is 6.04 Å². The number of hydrogen-bond donors (Lipinski definition) is 0. The van der Waals surface area contributed by atoms with Gasteiger partial charge in [-0.1, -0.05) is 364 Å². The maximum Gasteiger partial charge on any atom is 0.0867 e. The molecular formula is C67H111NP2Si3. The van der Waals surface area contributed by atoms with Gasteiger partial charge in [0.2, 0.25) is 0 Å². The van der Waals surface area contributed by atoms with E-state index in [4.69, 9.17) is 0 Å². The number of hydrogen-bond acceptors (Lipinski definition) is 1. The molecule has 0 amide bonds. The molecule has 73 heavy (non-hydrogen) atoms. The summed E-state index contributed by atoms with van der Waals surface area (Å²) in [4.78, 5) is 0. The van der Waals surface area contributed by atoms with Crippen molar-refractivity contribution in [3.8, 4) is 0 Å². The Hall–Kier alpha value is -1.65. The van der Waals surface area contributed by atoms with Crippen molar-refractivity contribution >= 4 is 77.1 Å². The van der Waals surface area contributed by atoms with Crippen LogP contribution in [0.4, 0.5) is 0 Å². The highest BCUT2D eigenvalue weighted by Gasteiger charge is 2.42. The van der Waals surface area contributed by atoms with Gasteiger partial charge in [-0.15, -0.1) is 0 Å². The molecular weight excluding hydrogens is 965 g/mol. The molecule has 0 aromatic heterocycles. The zero-order valence-electron chi connectivity index (χ0n) is 49.3. The van der Waals surface area contributed by atoms with Crippen LogP contribution in [0.1, 0.15) is 216 Å². The average Bonchev–Trinajstić information content (AvgIpc) is 3.43. The summed E-state index contributed by atoms with van der Waals surface area (Å²) in [6, 6.07) is 55.9. The second-order valence-corrected chi connectivity index (χ2v) is 41.8. The fourth-order valence-corrected chi connectivity index (χ4v) is 37.1. The van der Waals surface area contributed by atoms with E-state index in [1.54, 1.807) is 36.8 Å². The minimum Gasteiger partial charge on any atom is -0.242 e. The van der Waals surface area contributed by atoms with Crippen LogP contribution in [0.5, 0.6) is 0 Å². The second kappa shape index (κ2) is 33.6. The Bertz CT molecular complexity index is 1970. The van der Waals surface area contributed by atoms with Gasteiger partial charge in [0.15, 0.2) is 0 Å². The minimum absolute atomic E-state index is 0.549. The summed E-state index contributed by atoms with van der Waals surface area (Å²) < 4.78 is 3.36. The summed E-state index contributed by atoms with van der Waals surface area (Å²) in [5.74, 6) is 0. The predicted octanol–water partition coefficient (Wildman–Crippen LogP) is 19.2. The first-order valence-electron chi connectivity index (χ1n) is 31.5. The van der Waals surface area contributed by atoms with Gasteiger partial charge in [-0.25, -0.2) is 4.44 Å². The Morgan fingerprint density at radius 2 is 0.671 bits per heavy atom. The van der Waals surface area contributed by atoms with Crippen molar-refractivity contribution < 1.29 is 0 Å². The van der Waals surface area contributed by atoms with E-state index < -0.39 is 40.4 Å². The third kappa shape index (κ3) is 17.2. The third-order valence-electron chi connectivity index (χ3n) is 17.8. The van der Waals surface area contributed by atoms with Crippen LogP contribution in [0, 0.1) is 6.92 Å². The minimum atomic E-state index is -1.79. The van der Waals surface area contributed by atoms with Crippen molar-refractivity contribution in [2.75, 3.05) is 0 Å². The molecule has 0 radical (unpaired) electrons. The average molecular weight is 1080 g/mol. The van der Waals surface area contributed by atoms with Crippen LogP contribution < -0.4 is 36.8 Å². The lowest BCUT2D eigenvalue weighted by atomic mass is 9.96. The van der Waals surface area contributed by atoms with Gasteiger partial charge >= 0.3 is 0 Å². The molecule has 5 rings (SSSR count). The first-order chi connectivity index (χ1) is 35.7. The smallest absolute Gasteiger partial charge is 0.0867 e. The highest BCUT2D eigenvalue weighted by Crippen LogP contribution is 2.58. The molecule has 1 unspecified atom stereocenters. The number of nitrogens with zero attached hydrogens (tertiary/aromatic N) is 1. The molecule has 1 aliphatic carbocycles. The number of unbranched alkanes of at least 4 members (excludes halogenated alkanes) is 9. The zero-order chi connectivity index (χ0) is 52.4. The van der Waals surface area contributed by atoms with Crippen LogP contribution in [0.2, 0.25) is 54.4 Å². The number of aryl methyl sites for hydroxylation is 1. The monoisotopic (exact) mass is 1080 g/mol. The summed E-state index contributed by atoms with van der Waals surface area (Å²) in [5, 5.41) is 12.0. The van der Waals surface area contributed by atoms with E-state index in [9.17, 15) is 0 Å². The summed E-state index contributed by atoms with van der Waals surface area (Å²) in [5.41, 5.74) is 1.49. The van der Waals surface area contributed by atoms with Gasteiger partial charge in [-0.05, 0) is 46.5 Å². The summed E-state index contributed by atoms with van der Waals surface area (Å²) >= 11 is 0. The standard InChI is InChI=1S/C67H111NP2Si3/c1-11-20-47-71(48-21-12-2,49-22-13-3)64-43-34-40-61(56-64)69(62-41-35-44-65(57-62)72(50-23-14-4,51-24-15-5)52-25-16-6)68(60-38-30-29-31-39-60)70(67-46-33-32-37-59(67)10)63-42-36-45-66(58-63)73(53-26-17-7,54-27-18-8)55-28-19-9/h32-37,40-46,56-58,60H,11-31,38-39,47-55H2,1-10H3. The largest absolute Gasteiger partial charge is 0.242 e. The van der Waals surface area contributed by atoms with Crippen molar-refractivity contribution in [3.05, 3.63) is 103 Å². The van der Waals surface area contributed by atoms with Gasteiger partial charge in [-0.2, -0.15) is 0 Å². The Morgan fingerprint density at radius 3 is 0.973 bits per heavy atom. The SMILES string of the molecule is CCCC[Si](CCCC)(CCCC)c1cccc(P(c2cccc([Si](CCCC)(CCCC)CCCC)c2)N(C2CCCCC2)P(c2cccc([Si](CCCC)(CCCC)CCCC)c2)c2ccccc2C)c1. The van der Waals surface area contributed by atoms with Crippen LogP contribution in [0.25, 0.3) is 0 Å². The number of benzene rings is 4. The van der Waals surface area contributed by atoms with Crippen molar-refractivity contribution in [2.45, 2.75) is 277 Å². The Morgan fingerprint density at radius 1 is 0.370 bits per heavy atom. The molecule has 406 valence electrons. The van der Waals surface area contributed by atoms with E-state index in [2.05, 4.69) is 171 Å². The van der Waals surface area contributed by atoms with Gasteiger partial charge in [0, 0.05) is 22.2 Å². The molecule has 0 N–H and O–H groups in total. The van der Waals surface area contributed by atoms with Gasteiger partial charge in [0.05, 0.1) is 24.2 Å². The van der Waals surface area contributed by atoms with E-state index in [1.807, 2.05) is 0 Å². The van der Waals surface area contributed by atoms with E-state index in [0.717, 1.165) is 0 Å². The third-order valence-corrected chi connectivity index (χ3v) is 40.1. The van der Waals surface area contributed by atoms with Crippen LogP contribution >= 0.6 is 16.1 Å².